The molecule has 5 N–H and O–H groups in total. The van der Waals surface area contributed by atoms with Crippen LogP contribution in [0.4, 0.5) is 15.8 Å². The van der Waals surface area contributed by atoms with Gasteiger partial charge in [0.05, 0.1) is 0 Å². The second kappa shape index (κ2) is 8.83. The fourth-order valence-corrected chi connectivity index (χ4v) is 3.22. The molecule has 1 aliphatic heterocycles. The summed E-state index contributed by atoms with van der Waals surface area (Å²) in [6.07, 6.45) is 0. The molecule has 0 spiro atoms. The predicted molar refractivity (Wildman–Crippen MR) is 106 cm³/mol. The molecule has 2 aromatic carbocycles. The Morgan fingerprint density at radius 2 is 1.78 bits per heavy atom. The van der Waals surface area contributed by atoms with Crippen LogP contribution in [0.3, 0.4) is 0 Å². The van der Waals surface area contributed by atoms with Crippen LogP contribution in [-0.4, -0.2) is 50.1 Å². The van der Waals surface area contributed by atoms with Crippen LogP contribution in [0.25, 0.3) is 0 Å². The molecule has 2 aromatic rings. The highest BCUT2D eigenvalue weighted by atomic mass is 19.1. The molecule has 7 heteroatoms. The topological polar surface area (TPSA) is 87.6 Å². The summed E-state index contributed by atoms with van der Waals surface area (Å²) in [6, 6.07) is 12.1. The maximum absolute atomic E-state index is 13.1. The maximum atomic E-state index is 13.1. The molecule has 27 heavy (non-hydrogen) atoms. The molecule has 144 valence electrons. The Morgan fingerprint density at radius 3 is 2.41 bits per heavy atom. The van der Waals surface area contributed by atoms with Crippen molar-refractivity contribution in [3.8, 4) is 0 Å². The highest BCUT2D eigenvalue weighted by Crippen LogP contribution is 2.20. The van der Waals surface area contributed by atoms with E-state index in [-0.39, 0.29) is 11.7 Å². The number of rotatable bonds is 6. The lowest BCUT2D eigenvalue weighted by Crippen LogP contribution is -2.46. The second-order valence-electron chi connectivity index (χ2n) is 6.70. The number of halogens is 1. The first kappa shape index (κ1) is 19.1. The van der Waals surface area contributed by atoms with E-state index in [4.69, 9.17) is 11.5 Å². The monoisotopic (exact) mass is 371 g/mol. The molecule has 0 aromatic heterocycles. The van der Waals surface area contributed by atoms with Gasteiger partial charge in [-0.3, -0.25) is 9.69 Å². The van der Waals surface area contributed by atoms with E-state index in [1.54, 1.807) is 12.1 Å². The first-order chi connectivity index (χ1) is 13.1. The van der Waals surface area contributed by atoms with Crippen molar-refractivity contribution in [2.45, 2.75) is 6.54 Å². The molecule has 3 rings (SSSR count). The van der Waals surface area contributed by atoms with Gasteiger partial charge in [0.1, 0.15) is 5.82 Å². The number of hydrogen-bond acceptors (Lipinski definition) is 5. The van der Waals surface area contributed by atoms with Crippen LogP contribution in [0.5, 0.6) is 0 Å². The normalized spacial score (nSPS) is 15.0. The Balaban J connectivity index is 1.55. The third-order valence-corrected chi connectivity index (χ3v) is 4.80. The molecule has 1 aliphatic rings. The van der Waals surface area contributed by atoms with Crippen LogP contribution < -0.4 is 21.7 Å². The van der Waals surface area contributed by atoms with Crippen molar-refractivity contribution in [3.63, 3.8) is 0 Å². The number of carbonyl (C=O) groups excluding carboxylic acids is 1. The molecule has 0 atom stereocenters. The Kier molecular flexibility index (Phi) is 6.26. The molecular weight excluding hydrogens is 345 g/mol. The third kappa shape index (κ3) is 4.96. The fraction of sp³-hybridized carbons (Fsp3) is 0.350. The zero-order valence-corrected chi connectivity index (χ0v) is 15.3. The molecular formula is C20H26FN5O. The number of amides is 1. The molecule has 1 heterocycles. The highest BCUT2D eigenvalue weighted by molar-refractivity contribution is 5.95. The Morgan fingerprint density at radius 1 is 1.07 bits per heavy atom. The summed E-state index contributed by atoms with van der Waals surface area (Å²) in [6.45, 7) is 5.15. The van der Waals surface area contributed by atoms with Gasteiger partial charge in [0.2, 0.25) is 0 Å². The van der Waals surface area contributed by atoms with Crippen LogP contribution in [0.1, 0.15) is 15.9 Å². The number of nitrogens with two attached hydrogens (primary N) is 2. The van der Waals surface area contributed by atoms with Gasteiger partial charge < -0.3 is 21.7 Å². The molecule has 0 unspecified atom stereocenters. The van der Waals surface area contributed by atoms with E-state index in [0.717, 1.165) is 44.0 Å². The molecule has 6 nitrogen and oxygen atoms in total. The van der Waals surface area contributed by atoms with Crippen molar-refractivity contribution in [3.05, 3.63) is 59.4 Å². The van der Waals surface area contributed by atoms with E-state index in [0.29, 0.717) is 24.3 Å². The number of carbonyl (C=O) groups is 1. The minimum Gasteiger partial charge on any atom is -0.398 e. The summed E-state index contributed by atoms with van der Waals surface area (Å²) in [5, 5.41) is 2.74. The van der Waals surface area contributed by atoms with Gasteiger partial charge in [0, 0.05) is 62.8 Å². The van der Waals surface area contributed by atoms with Crippen molar-refractivity contribution in [1.29, 1.82) is 0 Å². The van der Waals surface area contributed by atoms with E-state index in [1.807, 2.05) is 18.2 Å². The van der Waals surface area contributed by atoms with E-state index in [9.17, 15) is 9.18 Å². The molecule has 0 aliphatic carbocycles. The van der Waals surface area contributed by atoms with Gasteiger partial charge >= 0.3 is 0 Å². The summed E-state index contributed by atoms with van der Waals surface area (Å²) in [5.74, 6) is -0.375. The zero-order valence-electron chi connectivity index (χ0n) is 15.3. The van der Waals surface area contributed by atoms with Gasteiger partial charge in [-0.25, -0.2) is 4.39 Å². The van der Waals surface area contributed by atoms with Gasteiger partial charge in [-0.1, -0.05) is 6.07 Å². The van der Waals surface area contributed by atoms with Crippen LogP contribution in [0.2, 0.25) is 0 Å². The molecule has 0 radical (unpaired) electrons. The van der Waals surface area contributed by atoms with Gasteiger partial charge in [-0.2, -0.15) is 0 Å². The number of nitrogen functional groups attached to an aromatic ring is 1. The highest BCUT2D eigenvalue weighted by Gasteiger charge is 2.18. The fourth-order valence-electron chi connectivity index (χ4n) is 3.22. The van der Waals surface area contributed by atoms with Gasteiger partial charge in [0.25, 0.3) is 5.91 Å². The summed E-state index contributed by atoms with van der Waals surface area (Å²) in [4.78, 5) is 16.6. The van der Waals surface area contributed by atoms with Gasteiger partial charge in [0.15, 0.2) is 0 Å². The Hall–Kier alpha value is -2.64. The summed E-state index contributed by atoms with van der Waals surface area (Å²) < 4.78 is 13.1. The summed E-state index contributed by atoms with van der Waals surface area (Å²) in [7, 11) is 0. The third-order valence-electron chi connectivity index (χ3n) is 4.80. The minimum absolute atomic E-state index is 0.161. The number of hydrogen-bond donors (Lipinski definition) is 3. The zero-order chi connectivity index (χ0) is 19.2. The minimum atomic E-state index is -0.215. The van der Waals surface area contributed by atoms with Crippen molar-refractivity contribution in [2.24, 2.45) is 5.73 Å². The number of benzene rings is 2. The Bertz CT molecular complexity index is 772. The Labute approximate surface area is 158 Å². The lowest BCUT2D eigenvalue weighted by Gasteiger charge is -2.36. The van der Waals surface area contributed by atoms with Crippen LogP contribution >= 0.6 is 0 Å². The van der Waals surface area contributed by atoms with Crippen LogP contribution in [0, 0.1) is 5.82 Å². The quantitative estimate of drug-likeness (QED) is 0.669. The van der Waals surface area contributed by atoms with Crippen molar-refractivity contribution >= 4 is 17.3 Å². The van der Waals surface area contributed by atoms with Crippen LogP contribution in [-0.2, 0) is 6.54 Å². The lowest BCUT2D eigenvalue weighted by atomic mass is 10.1. The number of nitrogens with zero attached hydrogens (tertiary/aromatic N) is 2. The van der Waals surface area contributed by atoms with Crippen molar-refractivity contribution in [1.82, 2.24) is 10.2 Å². The molecule has 0 bridgehead atoms. The van der Waals surface area contributed by atoms with Gasteiger partial charge in [-0.15, -0.1) is 0 Å². The summed E-state index contributed by atoms with van der Waals surface area (Å²) in [5.41, 5.74) is 14.8. The van der Waals surface area contributed by atoms with E-state index in [1.165, 1.54) is 12.1 Å². The van der Waals surface area contributed by atoms with E-state index < -0.39 is 0 Å². The first-order valence-corrected chi connectivity index (χ1v) is 9.16. The van der Waals surface area contributed by atoms with E-state index in [2.05, 4.69) is 15.1 Å². The van der Waals surface area contributed by atoms with Crippen LogP contribution in [0.15, 0.2) is 42.5 Å². The van der Waals surface area contributed by atoms with Crippen molar-refractivity contribution < 1.29 is 9.18 Å². The number of piperazine rings is 1. The smallest absolute Gasteiger partial charge is 0.251 e. The lowest BCUT2D eigenvalue weighted by molar-refractivity contribution is 0.0955. The van der Waals surface area contributed by atoms with E-state index >= 15 is 0 Å². The second-order valence-corrected chi connectivity index (χ2v) is 6.70. The average Bonchev–Trinajstić information content (AvgIpc) is 2.69. The molecule has 1 fully saturated rings. The molecule has 0 saturated carbocycles. The van der Waals surface area contributed by atoms with Gasteiger partial charge in [-0.05, 0) is 42.0 Å². The number of anilines is 2. The predicted octanol–water partition coefficient (Wildman–Crippen LogP) is 1.42. The molecule has 1 saturated heterocycles. The maximum Gasteiger partial charge on any atom is 0.251 e. The SMILES string of the molecule is NCCNC(=O)c1ccc(CN2CCN(c3ccc(F)cc3)CC2)c(N)c1. The largest absolute Gasteiger partial charge is 0.398 e. The molecule has 1 amide bonds. The van der Waals surface area contributed by atoms with Crippen molar-refractivity contribution in [2.75, 3.05) is 49.9 Å². The average molecular weight is 371 g/mol. The first-order valence-electron chi connectivity index (χ1n) is 9.16. The standard InChI is InChI=1S/C20H26FN5O/c21-17-3-5-18(6-4-17)26-11-9-25(10-12-26)14-16-2-1-15(13-19(16)23)20(27)24-8-7-22/h1-6,13H,7-12,14,22-23H2,(H,24,27). The number of nitrogens with one attached hydrogen (secondary N) is 1. The summed E-state index contributed by atoms with van der Waals surface area (Å²) >= 11 is 0.